The number of amides is 1. The van der Waals surface area contributed by atoms with Crippen molar-refractivity contribution < 1.29 is 14.7 Å². The third-order valence-corrected chi connectivity index (χ3v) is 4.85. The minimum absolute atomic E-state index is 0.0631. The summed E-state index contributed by atoms with van der Waals surface area (Å²) in [7, 11) is 0. The number of carbonyl (C=O) groups is 2. The normalized spacial score (nSPS) is 21.6. The highest BCUT2D eigenvalue weighted by Crippen LogP contribution is 2.28. The molecule has 5 nitrogen and oxygen atoms in total. The second-order valence-electron chi connectivity index (χ2n) is 6.26. The Morgan fingerprint density at radius 1 is 1.26 bits per heavy atom. The molecule has 3 rings (SSSR count). The number of benzene rings is 1. The van der Waals surface area contributed by atoms with E-state index in [1.807, 2.05) is 44.3 Å². The lowest BCUT2D eigenvalue weighted by atomic mass is 9.93. The fourth-order valence-corrected chi connectivity index (χ4v) is 3.43. The minimum atomic E-state index is -0.814. The molecule has 5 heteroatoms. The topological polar surface area (TPSA) is 62.5 Å². The summed E-state index contributed by atoms with van der Waals surface area (Å²) >= 11 is 0. The van der Waals surface area contributed by atoms with Crippen LogP contribution in [0.2, 0.25) is 0 Å². The van der Waals surface area contributed by atoms with E-state index in [4.69, 9.17) is 0 Å². The Hall–Kier alpha value is -2.30. The van der Waals surface area contributed by atoms with E-state index < -0.39 is 11.9 Å². The second-order valence-corrected chi connectivity index (χ2v) is 6.26. The van der Waals surface area contributed by atoms with Gasteiger partial charge in [-0.05, 0) is 32.8 Å². The monoisotopic (exact) mass is 314 g/mol. The molecule has 1 N–H and O–H groups in total. The van der Waals surface area contributed by atoms with Crippen molar-refractivity contribution in [1.82, 2.24) is 9.47 Å². The Labute approximate surface area is 135 Å². The summed E-state index contributed by atoms with van der Waals surface area (Å²) in [6, 6.07) is 7.93. The summed E-state index contributed by atoms with van der Waals surface area (Å²) < 4.78 is 2.06. The molecular formula is C18H22N2O3. The predicted octanol–water partition coefficient (Wildman–Crippen LogP) is 2.99. The first kappa shape index (κ1) is 15.6. The fourth-order valence-electron chi connectivity index (χ4n) is 3.43. The molecule has 0 saturated carbocycles. The van der Waals surface area contributed by atoms with Gasteiger partial charge in [0.25, 0.3) is 5.91 Å². The van der Waals surface area contributed by atoms with Crippen molar-refractivity contribution in [2.24, 2.45) is 5.92 Å². The van der Waals surface area contributed by atoms with E-state index in [-0.39, 0.29) is 11.9 Å². The van der Waals surface area contributed by atoms with Crippen LogP contribution in [0.5, 0.6) is 0 Å². The van der Waals surface area contributed by atoms with Crippen LogP contribution < -0.4 is 0 Å². The number of rotatable bonds is 3. The molecular weight excluding hydrogens is 292 g/mol. The molecule has 2 heterocycles. The summed E-state index contributed by atoms with van der Waals surface area (Å²) in [4.78, 5) is 26.1. The van der Waals surface area contributed by atoms with Crippen molar-refractivity contribution in [3.05, 3.63) is 36.0 Å². The van der Waals surface area contributed by atoms with Gasteiger partial charge in [0.15, 0.2) is 0 Å². The molecule has 0 radical (unpaired) electrons. The van der Waals surface area contributed by atoms with E-state index in [1.54, 1.807) is 4.90 Å². The van der Waals surface area contributed by atoms with Crippen LogP contribution in [0.25, 0.3) is 10.9 Å². The van der Waals surface area contributed by atoms with Crippen LogP contribution in [0.15, 0.2) is 30.5 Å². The second kappa shape index (κ2) is 6.07. The van der Waals surface area contributed by atoms with Gasteiger partial charge in [-0.1, -0.05) is 18.2 Å². The third kappa shape index (κ3) is 2.71. The maximum absolute atomic E-state index is 13.0. The number of aryl methyl sites for hydroxylation is 1. The number of aromatic nitrogens is 1. The Kier molecular flexibility index (Phi) is 4.11. The number of likely N-dealkylation sites (tertiary alicyclic amines) is 1. The lowest BCUT2D eigenvalue weighted by Gasteiger charge is -2.36. The molecule has 2 aromatic rings. The van der Waals surface area contributed by atoms with E-state index in [1.165, 1.54) is 0 Å². The Bertz CT molecular complexity index is 750. The van der Waals surface area contributed by atoms with Gasteiger partial charge in [-0.2, -0.15) is 0 Å². The first-order valence-corrected chi connectivity index (χ1v) is 8.14. The Morgan fingerprint density at radius 3 is 2.70 bits per heavy atom. The average molecular weight is 314 g/mol. The predicted molar refractivity (Wildman–Crippen MR) is 88.5 cm³/mol. The number of nitrogens with zero attached hydrogens (tertiary/aromatic N) is 2. The maximum Gasteiger partial charge on any atom is 0.308 e. The van der Waals surface area contributed by atoms with Gasteiger partial charge in [-0.15, -0.1) is 0 Å². The van der Waals surface area contributed by atoms with E-state index in [0.717, 1.165) is 23.9 Å². The van der Waals surface area contributed by atoms with E-state index in [0.29, 0.717) is 18.5 Å². The van der Waals surface area contributed by atoms with Crippen molar-refractivity contribution in [2.75, 3.05) is 6.54 Å². The summed E-state index contributed by atoms with van der Waals surface area (Å²) in [6.45, 7) is 5.13. The van der Waals surface area contributed by atoms with Crippen LogP contribution in [0.1, 0.15) is 37.0 Å². The smallest absolute Gasteiger partial charge is 0.308 e. The first-order valence-electron chi connectivity index (χ1n) is 8.14. The highest BCUT2D eigenvalue weighted by Gasteiger charge is 2.33. The largest absolute Gasteiger partial charge is 0.481 e. The zero-order chi connectivity index (χ0) is 16.6. The highest BCUT2D eigenvalue weighted by atomic mass is 16.4. The van der Waals surface area contributed by atoms with Crippen molar-refractivity contribution in [2.45, 2.75) is 39.3 Å². The van der Waals surface area contributed by atoms with Gasteiger partial charge in [-0.3, -0.25) is 9.59 Å². The molecule has 0 aliphatic carbocycles. The van der Waals surface area contributed by atoms with Gasteiger partial charge < -0.3 is 14.6 Å². The number of hydrogen-bond donors (Lipinski definition) is 1. The molecule has 1 aliphatic heterocycles. The van der Waals surface area contributed by atoms with Crippen molar-refractivity contribution in [3.63, 3.8) is 0 Å². The van der Waals surface area contributed by atoms with Crippen molar-refractivity contribution in [3.8, 4) is 0 Å². The summed E-state index contributed by atoms with van der Waals surface area (Å²) in [5, 5.41) is 10.2. The van der Waals surface area contributed by atoms with E-state index in [2.05, 4.69) is 4.57 Å². The molecule has 2 atom stereocenters. The highest BCUT2D eigenvalue weighted by molar-refractivity contribution is 6.07. The average Bonchev–Trinajstić information content (AvgIpc) is 2.93. The number of hydrogen-bond acceptors (Lipinski definition) is 2. The number of carbonyl (C=O) groups excluding carboxylic acids is 1. The number of para-hydroxylation sites is 1. The molecule has 122 valence electrons. The molecule has 1 fully saturated rings. The molecule has 1 saturated heterocycles. The van der Waals surface area contributed by atoms with E-state index >= 15 is 0 Å². The molecule has 1 aliphatic rings. The molecule has 1 amide bonds. The van der Waals surface area contributed by atoms with Gasteiger partial charge in [0.2, 0.25) is 0 Å². The third-order valence-electron chi connectivity index (χ3n) is 4.85. The van der Waals surface area contributed by atoms with Gasteiger partial charge in [-0.25, -0.2) is 0 Å². The molecule has 0 spiro atoms. The van der Waals surface area contributed by atoms with E-state index in [9.17, 15) is 14.7 Å². The van der Waals surface area contributed by atoms with Crippen LogP contribution in [0.4, 0.5) is 0 Å². The van der Waals surface area contributed by atoms with Gasteiger partial charge in [0, 0.05) is 36.2 Å². The number of aliphatic carboxylic acids is 1. The number of carboxylic acid groups (broad SMARTS) is 1. The van der Waals surface area contributed by atoms with Crippen LogP contribution in [0, 0.1) is 5.92 Å². The van der Waals surface area contributed by atoms with Gasteiger partial charge in [0.1, 0.15) is 0 Å². The molecule has 23 heavy (non-hydrogen) atoms. The molecule has 1 aromatic carbocycles. The van der Waals surface area contributed by atoms with Crippen molar-refractivity contribution >= 4 is 22.8 Å². The fraction of sp³-hybridized carbons (Fsp3) is 0.444. The zero-order valence-electron chi connectivity index (χ0n) is 13.5. The number of piperidine rings is 1. The molecule has 2 unspecified atom stereocenters. The SMILES string of the molecule is CCn1cc(C(=O)N2CC(C(=O)O)CCC2C)c2ccccc21. The quantitative estimate of drug-likeness (QED) is 0.947. The first-order chi connectivity index (χ1) is 11.0. The lowest BCUT2D eigenvalue weighted by Crippen LogP contribution is -2.47. The van der Waals surface area contributed by atoms with Gasteiger partial charge >= 0.3 is 5.97 Å². The Morgan fingerprint density at radius 2 is 2.00 bits per heavy atom. The molecule has 1 aromatic heterocycles. The minimum Gasteiger partial charge on any atom is -0.481 e. The zero-order valence-corrected chi connectivity index (χ0v) is 13.5. The van der Waals surface area contributed by atoms with Gasteiger partial charge in [0.05, 0.1) is 11.5 Å². The number of carboxylic acids is 1. The van der Waals surface area contributed by atoms with Crippen molar-refractivity contribution in [1.29, 1.82) is 0 Å². The molecule has 0 bridgehead atoms. The number of fused-ring (bicyclic) bond motifs is 1. The van der Waals surface area contributed by atoms with Crippen LogP contribution in [-0.4, -0.2) is 39.0 Å². The van der Waals surface area contributed by atoms with Crippen LogP contribution in [-0.2, 0) is 11.3 Å². The van der Waals surface area contributed by atoms with Crippen LogP contribution in [0.3, 0.4) is 0 Å². The standard InChI is InChI=1S/C18H22N2O3/c1-3-19-11-15(14-6-4-5-7-16(14)19)17(21)20-10-13(18(22)23)9-8-12(20)2/h4-7,11-13H,3,8-10H2,1-2H3,(H,22,23). The Balaban J connectivity index is 1.98. The summed E-state index contributed by atoms with van der Waals surface area (Å²) in [6.07, 6.45) is 3.26. The maximum atomic E-state index is 13.0. The summed E-state index contributed by atoms with van der Waals surface area (Å²) in [5.41, 5.74) is 1.71. The summed E-state index contributed by atoms with van der Waals surface area (Å²) in [5.74, 6) is -1.34. The van der Waals surface area contributed by atoms with Crippen LogP contribution >= 0.6 is 0 Å². The lowest BCUT2D eigenvalue weighted by molar-refractivity contribution is -0.143.